The van der Waals surface area contributed by atoms with Gasteiger partial charge in [-0.2, -0.15) is 0 Å². The number of benzene rings is 2. The zero-order valence-electron chi connectivity index (χ0n) is 12.7. The van der Waals surface area contributed by atoms with E-state index in [0.29, 0.717) is 11.6 Å². The van der Waals surface area contributed by atoms with Crippen molar-refractivity contribution in [3.8, 4) is 0 Å². The molecule has 0 heterocycles. The minimum Gasteiger partial charge on any atom is -0.305 e. The molecule has 2 rings (SSSR count). The van der Waals surface area contributed by atoms with Crippen molar-refractivity contribution >= 4 is 11.6 Å². The standard InChI is InChI=1S/C18H21ClFN/c1-18(2,3)17(13-7-5-4-6-8-13)21-12-14-9-10-15(20)11-16(14)19/h4-11,17,21H,12H2,1-3H3. The van der Waals surface area contributed by atoms with Crippen molar-refractivity contribution in [2.45, 2.75) is 33.4 Å². The number of rotatable bonds is 4. The van der Waals surface area contributed by atoms with Gasteiger partial charge in [0.15, 0.2) is 0 Å². The smallest absolute Gasteiger partial charge is 0.124 e. The zero-order valence-corrected chi connectivity index (χ0v) is 13.4. The largest absolute Gasteiger partial charge is 0.305 e. The number of nitrogens with one attached hydrogen (secondary N) is 1. The number of halogens is 2. The van der Waals surface area contributed by atoms with Gasteiger partial charge in [-0.1, -0.05) is 68.8 Å². The van der Waals surface area contributed by atoms with Crippen LogP contribution < -0.4 is 5.32 Å². The molecule has 1 N–H and O–H groups in total. The first-order valence-electron chi connectivity index (χ1n) is 7.10. The quantitative estimate of drug-likeness (QED) is 0.802. The first kappa shape index (κ1) is 16.0. The summed E-state index contributed by atoms with van der Waals surface area (Å²) in [6.07, 6.45) is 0. The fraction of sp³-hybridized carbons (Fsp3) is 0.333. The molecule has 2 aromatic carbocycles. The first-order chi connectivity index (χ1) is 9.88. The maximum absolute atomic E-state index is 13.1. The Labute approximate surface area is 131 Å². The zero-order chi connectivity index (χ0) is 15.5. The van der Waals surface area contributed by atoms with Gasteiger partial charge in [-0.3, -0.25) is 0 Å². The van der Waals surface area contributed by atoms with E-state index in [1.807, 2.05) is 18.2 Å². The van der Waals surface area contributed by atoms with Gasteiger partial charge in [0.25, 0.3) is 0 Å². The van der Waals surface area contributed by atoms with E-state index in [9.17, 15) is 4.39 Å². The van der Waals surface area contributed by atoms with Crippen LogP contribution in [0.15, 0.2) is 48.5 Å². The number of hydrogen-bond donors (Lipinski definition) is 1. The van der Waals surface area contributed by atoms with Gasteiger partial charge in [0.2, 0.25) is 0 Å². The third kappa shape index (κ3) is 4.29. The second-order valence-electron chi connectivity index (χ2n) is 6.33. The van der Waals surface area contributed by atoms with Gasteiger partial charge < -0.3 is 5.32 Å². The summed E-state index contributed by atoms with van der Waals surface area (Å²) in [6.45, 7) is 7.20. The molecule has 1 atom stereocenters. The van der Waals surface area contributed by atoms with Crippen LogP contribution in [0.2, 0.25) is 5.02 Å². The van der Waals surface area contributed by atoms with Gasteiger partial charge in [0.1, 0.15) is 5.82 Å². The Morgan fingerprint density at radius 3 is 2.33 bits per heavy atom. The molecular formula is C18H21ClFN. The number of hydrogen-bond acceptors (Lipinski definition) is 1. The molecule has 1 nitrogen and oxygen atoms in total. The molecule has 0 fully saturated rings. The Balaban J connectivity index is 2.17. The van der Waals surface area contributed by atoms with Crippen molar-refractivity contribution in [2.24, 2.45) is 5.41 Å². The molecule has 0 radical (unpaired) electrons. The first-order valence-corrected chi connectivity index (χ1v) is 7.48. The third-order valence-corrected chi connectivity index (χ3v) is 3.86. The summed E-state index contributed by atoms with van der Waals surface area (Å²) in [5, 5.41) is 4.01. The van der Waals surface area contributed by atoms with Crippen LogP contribution in [0, 0.1) is 11.2 Å². The van der Waals surface area contributed by atoms with Crippen LogP contribution in [0.1, 0.15) is 37.9 Å². The van der Waals surface area contributed by atoms with E-state index in [1.54, 1.807) is 6.07 Å². The summed E-state index contributed by atoms with van der Waals surface area (Å²) >= 11 is 6.09. The molecule has 0 bridgehead atoms. The van der Waals surface area contributed by atoms with Crippen LogP contribution in [0.25, 0.3) is 0 Å². The molecule has 0 aliphatic rings. The van der Waals surface area contributed by atoms with Gasteiger partial charge in [-0.15, -0.1) is 0 Å². The van der Waals surface area contributed by atoms with E-state index in [1.165, 1.54) is 17.7 Å². The predicted octanol–water partition coefficient (Wildman–Crippen LogP) is 5.36. The molecular weight excluding hydrogens is 285 g/mol. The molecule has 112 valence electrons. The molecule has 21 heavy (non-hydrogen) atoms. The molecule has 0 aliphatic heterocycles. The Morgan fingerprint density at radius 2 is 1.76 bits per heavy atom. The van der Waals surface area contributed by atoms with Crippen molar-refractivity contribution in [3.05, 3.63) is 70.5 Å². The van der Waals surface area contributed by atoms with Crippen LogP contribution in [0.3, 0.4) is 0 Å². The summed E-state index contributed by atoms with van der Waals surface area (Å²) < 4.78 is 13.1. The Bertz CT molecular complexity index is 590. The summed E-state index contributed by atoms with van der Waals surface area (Å²) in [4.78, 5) is 0. The maximum atomic E-state index is 13.1. The predicted molar refractivity (Wildman–Crippen MR) is 86.9 cm³/mol. The monoisotopic (exact) mass is 305 g/mol. The van der Waals surface area contributed by atoms with E-state index in [4.69, 9.17) is 11.6 Å². The molecule has 0 aromatic heterocycles. The van der Waals surface area contributed by atoms with Crippen LogP contribution in [0.4, 0.5) is 4.39 Å². The van der Waals surface area contributed by atoms with Gasteiger partial charge in [0, 0.05) is 17.6 Å². The highest BCUT2D eigenvalue weighted by atomic mass is 35.5. The van der Waals surface area contributed by atoms with E-state index < -0.39 is 0 Å². The highest BCUT2D eigenvalue weighted by molar-refractivity contribution is 6.31. The Morgan fingerprint density at radius 1 is 1.10 bits per heavy atom. The fourth-order valence-corrected chi connectivity index (χ4v) is 2.68. The molecule has 1 unspecified atom stereocenters. The Kier molecular flexibility index (Phi) is 5.02. The van der Waals surface area contributed by atoms with Crippen molar-refractivity contribution in [2.75, 3.05) is 0 Å². The third-order valence-electron chi connectivity index (χ3n) is 3.51. The molecule has 0 saturated carbocycles. The molecule has 0 saturated heterocycles. The SMILES string of the molecule is CC(C)(C)C(NCc1ccc(F)cc1Cl)c1ccccc1. The summed E-state index contributed by atoms with van der Waals surface area (Å²) in [6, 6.07) is 15.1. The van der Waals surface area contributed by atoms with Crippen LogP contribution in [0.5, 0.6) is 0 Å². The van der Waals surface area contributed by atoms with Crippen molar-refractivity contribution in [1.82, 2.24) is 5.32 Å². The average Bonchev–Trinajstić information content (AvgIpc) is 2.41. The van der Waals surface area contributed by atoms with Gasteiger partial charge in [0.05, 0.1) is 0 Å². The molecule has 2 aromatic rings. The van der Waals surface area contributed by atoms with Crippen molar-refractivity contribution in [3.63, 3.8) is 0 Å². The van der Waals surface area contributed by atoms with Crippen molar-refractivity contribution in [1.29, 1.82) is 0 Å². The minimum absolute atomic E-state index is 0.0634. The minimum atomic E-state index is -0.306. The molecule has 0 aliphatic carbocycles. The fourth-order valence-electron chi connectivity index (χ4n) is 2.45. The van der Waals surface area contributed by atoms with E-state index in [2.05, 4.69) is 38.2 Å². The molecule has 0 spiro atoms. The summed E-state index contributed by atoms with van der Waals surface area (Å²) in [5.41, 5.74) is 2.21. The lowest BCUT2D eigenvalue weighted by atomic mass is 9.82. The van der Waals surface area contributed by atoms with Gasteiger partial charge in [-0.25, -0.2) is 4.39 Å². The topological polar surface area (TPSA) is 12.0 Å². The van der Waals surface area contributed by atoms with Gasteiger partial charge >= 0.3 is 0 Å². The van der Waals surface area contributed by atoms with Crippen LogP contribution >= 0.6 is 11.6 Å². The Hall–Kier alpha value is -1.38. The second-order valence-corrected chi connectivity index (χ2v) is 6.73. The summed E-state index contributed by atoms with van der Waals surface area (Å²) in [7, 11) is 0. The molecule has 0 amide bonds. The van der Waals surface area contributed by atoms with Gasteiger partial charge in [-0.05, 0) is 28.7 Å². The van der Waals surface area contributed by atoms with Crippen LogP contribution in [-0.4, -0.2) is 0 Å². The highest BCUT2D eigenvalue weighted by Gasteiger charge is 2.25. The average molecular weight is 306 g/mol. The molecule has 3 heteroatoms. The second kappa shape index (κ2) is 6.59. The normalized spacial score (nSPS) is 13.2. The van der Waals surface area contributed by atoms with Crippen molar-refractivity contribution < 1.29 is 4.39 Å². The van der Waals surface area contributed by atoms with E-state index in [-0.39, 0.29) is 17.3 Å². The van der Waals surface area contributed by atoms with E-state index in [0.717, 1.165) is 5.56 Å². The lowest BCUT2D eigenvalue weighted by Crippen LogP contribution is -2.32. The van der Waals surface area contributed by atoms with Crippen LogP contribution in [-0.2, 0) is 6.54 Å². The lowest BCUT2D eigenvalue weighted by Gasteiger charge is -2.32. The lowest BCUT2D eigenvalue weighted by molar-refractivity contribution is 0.271. The van der Waals surface area contributed by atoms with E-state index >= 15 is 0 Å². The summed E-state index contributed by atoms with van der Waals surface area (Å²) in [5.74, 6) is -0.306. The highest BCUT2D eigenvalue weighted by Crippen LogP contribution is 2.33. The maximum Gasteiger partial charge on any atom is 0.124 e.